The number of rotatable bonds is 4. The Morgan fingerprint density at radius 1 is 1.52 bits per heavy atom. The van der Waals surface area contributed by atoms with Crippen LogP contribution in [0, 0.1) is 0 Å². The van der Waals surface area contributed by atoms with Crippen molar-refractivity contribution in [2.45, 2.75) is 32.7 Å². The SMILES string of the molecule is C=C/C=C(\C)C1c2[nH]c3ccc(Cl)cc3c2CCN1C(=O)OCCC. The first-order valence-electron chi connectivity index (χ1n) is 8.59. The van der Waals surface area contributed by atoms with E-state index in [0.717, 1.165) is 35.0 Å². The highest BCUT2D eigenvalue weighted by Gasteiger charge is 2.35. The molecule has 1 aliphatic rings. The number of amides is 1. The van der Waals surface area contributed by atoms with Crippen molar-refractivity contribution in [2.75, 3.05) is 13.2 Å². The van der Waals surface area contributed by atoms with Crippen LogP contribution in [0.1, 0.15) is 37.6 Å². The molecule has 25 heavy (non-hydrogen) atoms. The summed E-state index contributed by atoms with van der Waals surface area (Å²) in [6, 6.07) is 5.66. The number of carbonyl (C=O) groups is 1. The predicted octanol–water partition coefficient (Wildman–Crippen LogP) is 5.40. The fourth-order valence-corrected chi connectivity index (χ4v) is 3.65. The maximum absolute atomic E-state index is 12.6. The second kappa shape index (κ2) is 7.36. The number of allylic oxidation sites excluding steroid dienone is 2. The van der Waals surface area contributed by atoms with Gasteiger partial charge in [0.2, 0.25) is 0 Å². The summed E-state index contributed by atoms with van der Waals surface area (Å²) in [6.07, 6.45) is 5.00. The van der Waals surface area contributed by atoms with E-state index in [4.69, 9.17) is 16.3 Å². The normalized spacial score (nSPS) is 17.5. The molecular formula is C20H23ClN2O2. The third-order valence-electron chi connectivity index (χ3n) is 4.57. The molecule has 2 aromatic rings. The predicted molar refractivity (Wildman–Crippen MR) is 102 cm³/mol. The van der Waals surface area contributed by atoms with Crippen molar-refractivity contribution in [3.8, 4) is 0 Å². The summed E-state index contributed by atoms with van der Waals surface area (Å²) in [6.45, 7) is 8.84. The van der Waals surface area contributed by atoms with E-state index in [2.05, 4.69) is 11.6 Å². The molecule has 1 aliphatic heterocycles. The largest absolute Gasteiger partial charge is 0.449 e. The molecule has 0 saturated heterocycles. The number of hydrogen-bond acceptors (Lipinski definition) is 2. The van der Waals surface area contributed by atoms with Crippen LogP contribution in [0.25, 0.3) is 10.9 Å². The maximum atomic E-state index is 12.6. The molecule has 0 spiro atoms. The van der Waals surface area contributed by atoms with Crippen molar-refractivity contribution in [1.82, 2.24) is 9.88 Å². The zero-order chi connectivity index (χ0) is 18.0. The van der Waals surface area contributed by atoms with Crippen molar-refractivity contribution < 1.29 is 9.53 Å². The molecule has 0 bridgehead atoms. The van der Waals surface area contributed by atoms with Crippen LogP contribution in [-0.4, -0.2) is 29.1 Å². The van der Waals surface area contributed by atoms with Gasteiger partial charge in [0.05, 0.1) is 12.6 Å². The third kappa shape index (κ3) is 3.31. The Morgan fingerprint density at radius 3 is 3.04 bits per heavy atom. The van der Waals surface area contributed by atoms with Gasteiger partial charge in [0.15, 0.2) is 0 Å². The molecule has 4 nitrogen and oxygen atoms in total. The molecule has 0 radical (unpaired) electrons. The highest BCUT2D eigenvalue weighted by molar-refractivity contribution is 6.31. The summed E-state index contributed by atoms with van der Waals surface area (Å²) >= 11 is 6.18. The van der Waals surface area contributed by atoms with Gasteiger partial charge in [-0.15, -0.1) is 0 Å². The smallest absolute Gasteiger partial charge is 0.410 e. The number of nitrogens with zero attached hydrogens (tertiary/aromatic N) is 1. The quantitative estimate of drug-likeness (QED) is 0.744. The highest BCUT2D eigenvalue weighted by Crippen LogP contribution is 2.39. The molecule has 0 aliphatic carbocycles. The van der Waals surface area contributed by atoms with Crippen molar-refractivity contribution in [1.29, 1.82) is 0 Å². The average Bonchev–Trinajstić information content (AvgIpc) is 2.96. The number of nitrogens with one attached hydrogen (secondary N) is 1. The summed E-state index contributed by atoms with van der Waals surface area (Å²) in [4.78, 5) is 17.9. The van der Waals surface area contributed by atoms with Gasteiger partial charge in [-0.25, -0.2) is 4.79 Å². The van der Waals surface area contributed by atoms with Crippen LogP contribution < -0.4 is 0 Å². The Labute approximate surface area is 153 Å². The Balaban J connectivity index is 2.08. The average molecular weight is 359 g/mol. The second-order valence-corrected chi connectivity index (χ2v) is 6.75. The van der Waals surface area contributed by atoms with Crippen LogP contribution >= 0.6 is 11.6 Å². The zero-order valence-electron chi connectivity index (χ0n) is 14.6. The van der Waals surface area contributed by atoms with Gasteiger partial charge in [0, 0.05) is 28.2 Å². The number of H-pyrrole nitrogens is 1. The minimum absolute atomic E-state index is 0.183. The number of halogens is 1. The molecule has 1 amide bonds. The van der Waals surface area contributed by atoms with Gasteiger partial charge in [0.1, 0.15) is 0 Å². The first-order valence-corrected chi connectivity index (χ1v) is 8.97. The number of aromatic nitrogens is 1. The first kappa shape index (κ1) is 17.6. The number of benzene rings is 1. The lowest BCUT2D eigenvalue weighted by atomic mass is 9.93. The topological polar surface area (TPSA) is 45.3 Å². The number of carbonyl (C=O) groups excluding carboxylic acids is 1. The van der Waals surface area contributed by atoms with Crippen LogP contribution in [0.3, 0.4) is 0 Å². The van der Waals surface area contributed by atoms with Crippen LogP contribution in [0.4, 0.5) is 4.79 Å². The highest BCUT2D eigenvalue weighted by atomic mass is 35.5. The van der Waals surface area contributed by atoms with Gasteiger partial charge >= 0.3 is 6.09 Å². The molecule has 1 aromatic heterocycles. The Morgan fingerprint density at radius 2 is 2.32 bits per heavy atom. The second-order valence-electron chi connectivity index (χ2n) is 6.31. The van der Waals surface area contributed by atoms with E-state index in [1.54, 1.807) is 11.0 Å². The molecule has 3 rings (SSSR count). The minimum Gasteiger partial charge on any atom is -0.449 e. The Kier molecular flexibility index (Phi) is 5.19. The summed E-state index contributed by atoms with van der Waals surface area (Å²) in [5.74, 6) is 0. The van der Waals surface area contributed by atoms with Crippen LogP contribution in [0.5, 0.6) is 0 Å². The van der Waals surface area contributed by atoms with Crippen LogP contribution in [0.2, 0.25) is 5.02 Å². The van der Waals surface area contributed by atoms with Crippen molar-refractivity contribution >= 4 is 28.6 Å². The van der Waals surface area contributed by atoms with E-state index in [1.165, 1.54) is 5.56 Å². The van der Waals surface area contributed by atoms with Gasteiger partial charge in [-0.2, -0.15) is 0 Å². The lowest BCUT2D eigenvalue weighted by Gasteiger charge is -2.35. The van der Waals surface area contributed by atoms with E-state index in [9.17, 15) is 4.79 Å². The third-order valence-corrected chi connectivity index (χ3v) is 4.80. The lowest BCUT2D eigenvalue weighted by molar-refractivity contribution is 0.0882. The fraction of sp³-hybridized carbons (Fsp3) is 0.350. The molecule has 2 heterocycles. The van der Waals surface area contributed by atoms with E-state index in [1.807, 2.05) is 38.1 Å². The van der Waals surface area contributed by atoms with Gasteiger partial charge in [-0.1, -0.05) is 37.3 Å². The Bertz CT molecular complexity index is 838. The van der Waals surface area contributed by atoms with Crippen LogP contribution in [0.15, 0.2) is 42.5 Å². The van der Waals surface area contributed by atoms with Gasteiger partial charge in [-0.05, 0) is 49.1 Å². The Hall–Kier alpha value is -2.20. The molecular weight excluding hydrogens is 336 g/mol. The van der Waals surface area contributed by atoms with Crippen LogP contribution in [-0.2, 0) is 11.2 Å². The van der Waals surface area contributed by atoms with E-state index in [0.29, 0.717) is 18.2 Å². The summed E-state index contributed by atoms with van der Waals surface area (Å²) in [5, 5.41) is 1.84. The van der Waals surface area contributed by atoms with Crippen molar-refractivity contribution in [2.24, 2.45) is 0 Å². The van der Waals surface area contributed by atoms with E-state index < -0.39 is 0 Å². The maximum Gasteiger partial charge on any atom is 0.410 e. The number of fused-ring (bicyclic) bond motifs is 3. The summed E-state index contributed by atoms with van der Waals surface area (Å²) in [5.41, 5.74) is 4.34. The first-order chi connectivity index (χ1) is 12.1. The van der Waals surface area contributed by atoms with E-state index in [-0.39, 0.29) is 12.1 Å². The number of ether oxygens (including phenoxy) is 1. The molecule has 0 fully saturated rings. The van der Waals surface area contributed by atoms with Crippen molar-refractivity contribution in [3.63, 3.8) is 0 Å². The molecule has 5 heteroatoms. The molecule has 1 atom stereocenters. The summed E-state index contributed by atoms with van der Waals surface area (Å²) in [7, 11) is 0. The minimum atomic E-state index is -0.272. The molecule has 0 saturated carbocycles. The van der Waals surface area contributed by atoms with Crippen molar-refractivity contribution in [3.05, 3.63) is 58.8 Å². The van der Waals surface area contributed by atoms with Gasteiger partial charge < -0.3 is 9.72 Å². The lowest BCUT2D eigenvalue weighted by Crippen LogP contribution is -2.41. The van der Waals surface area contributed by atoms with E-state index >= 15 is 0 Å². The molecule has 1 unspecified atom stereocenters. The zero-order valence-corrected chi connectivity index (χ0v) is 15.4. The summed E-state index contributed by atoms with van der Waals surface area (Å²) < 4.78 is 5.40. The molecule has 1 aromatic carbocycles. The molecule has 1 N–H and O–H groups in total. The molecule has 132 valence electrons. The van der Waals surface area contributed by atoms with Gasteiger partial charge in [-0.3, -0.25) is 4.90 Å². The van der Waals surface area contributed by atoms with Gasteiger partial charge in [0.25, 0.3) is 0 Å². The standard InChI is InChI=1S/C20H23ClN2O2/c1-4-6-13(3)19-18-15(9-10-23(19)20(24)25-11-5-2)16-12-14(21)7-8-17(16)22-18/h4,6-8,12,19,22H,1,5,9-11H2,2-3H3/b13-6+. The number of aromatic amines is 1. The monoisotopic (exact) mass is 358 g/mol. The fourth-order valence-electron chi connectivity index (χ4n) is 3.48. The number of hydrogen-bond donors (Lipinski definition) is 1.